The van der Waals surface area contributed by atoms with Gasteiger partial charge in [-0.25, -0.2) is 22.0 Å². The monoisotopic (exact) mass is 466 g/mol. The van der Waals surface area contributed by atoms with Crippen LogP contribution in [0, 0.1) is 29.1 Å². The van der Waals surface area contributed by atoms with Gasteiger partial charge in [-0.05, 0) is 19.3 Å². The zero-order valence-corrected chi connectivity index (χ0v) is 18.4. The SMILES string of the molecule is CCCCCCOC(=O)CCCCCCCCC(=O)OCc1c(F)c(F)c(F)c(F)c1F. The second-order valence-electron chi connectivity index (χ2n) is 7.61. The fourth-order valence-corrected chi connectivity index (χ4v) is 3.03. The van der Waals surface area contributed by atoms with E-state index < -0.39 is 47.2 Å². The van der Waals surface area contributed by atoms with Crippen LogP contribution in [-0.2, 0) is 25.7 Å². The van der Waals surface area contributed by atoms with Crippen LogP contribution in [0.1, 0.15) is 89.5 Å². The Bertz CT molecular complexity index is 711. The first kappa shape index (κ1) is 27.8. The van der Waals surface area contributed by atoms with E-state index in [1.807, 2.05) is 0 Å². The largest absolute Gasteiger partial charge is 0.466 e. The van der Waals surface area contributed by atoms with Crippen molar-refractivity contribution in [3.8, 4) is 0 Å². The molecule has 0 fully saturated rings. The number of unbranched alkanes of at least 4 members (excludes halogenated alkanes) is 8. The fourth-order valence-electron chi connectivity index (χ4n) is 3.03. The Kier molecular flexibility index (Phi) is 13.6. The number of ether oxygens (including phenoxy) is 2. The van der Waals surface area contributed by atoms with Gasteiger partial charge in [-0.15, -0.1) is 0 Å². The van der Waals surface area contributed by atoms with E-state index in [2.05, 4.69) is 11.7 Å². The number of carbonyl (C=O) groups is 2. The number of rotatable bonds is 16. The van der Waals surface area contributed by atoms with Crippen molar-refractivity contribution in [2.45, 2.75) is 90.6 Å². The van der Waals surface area contributed by atoms with Crippen LogP contribution in [0.3, 0.4) is 0 Å². The second-order valence-corrected chi connectivity index (χ2v) is 7.61. The lowest BCUT2D eigenvalue weighted by molar-refractivity contribution is -0.145. The molecule has 0 saturated carbocycles. The quantitative estimate of drug-likeness (QED) is 0.0898. The Labute approximate surface area is 185 Å². The number of hydrogen-bond acceptors (Lipinski definition) is 4. The second kappa shape index (κ2) is 15.6. The van der Waals surface area contributed by atoms with Gasteiger partial charge in [0.25, 0.3) is 0 Å². The molecule has 0 atom stereocenters. The first-order valence-corrected chi connectivity index (χ1v) is 11.1. The van der Waals surface area contributed by atoms with Crippen molar-refractivity contribution in [1.82, 2.24) is 0 Å². The smallest absolute Gasteiger partial charge is 0.306 e. The first-order chi connectivity index (χ1) is 15.3. The number of hydrogen-bond donors (Lipinski definition) is 0. The van der Waals surface area contributed by atoms with E-state index in [4.69, 9.17) is 4.74 Å². The molecule has 1 aromatic carbocycles. The molecule has 0 heterocycles. The third-order valence-corrected chi connectivity index (χ3v) is 4.95. The van der Waals surface area contributed by atoms with Crippen molar-refractivity contribution in [2.75, 3.05) is 6.61 Å². The van der Waals surface area contributed by atoms with Gasteiger partial charge < -0.3 is 9.47 Å². The molecule has 0 aliphatic carbocycles. The Morgan fingerprint density at radius 3 is 1.56 bits per heavy atom. The van der Waals surface area contributed by atoms with E-state index in [0.29, 0.717) is 25.9 Å². The molecule has 4 nitrogen and oxygen atoms in total. The summed E-state index contributed by atoms with van der Waals surface area (Å²) in [4.78, 5) is 23.2. The van der Waals surface area contributed by atoms with Crippen molar-refractivity contribution in [3.63, 3.8) is 0 Å². The summed E-state index contributed by atoms with van der Waals surface area (Å²) < 4.78 is 76.0. The molecule has 0 bridgehead atoms. The number of halogens is 5. The summed E-state index contributed by atoms with van der Waals surface area (Å²) in [5.74, 6) is -11.4. The maximum absolute atomic E-state index is 13.5. The van der Waals surface area contributed by atoms with E-state index in [1.54, 1.807) is 0 Å². The minimum absolute atomic E-state index is 0.0280. The zero-order chi connectivity index (χ0) is 23.9. The summed E-state index contributed by atoms with van der Waals surface area (Å²) in [6.07, 6.45) is 9.06. The predicted octanol–water partition coefficient (Wildman–Crippen LogP) is 6.67. The Hall–Kier alpha value is -2.19. The third kappa shape index (κ3) is 9.96. The van der Waals surface area contributed by atoms with Crippen LogP contribution in [0.4, 0.5) is 22.0 Å². The van der Waals surface area contributed by atoms with Gasteiger partial charge in [0.2, 0.25) is 5.82 Å². The van der Waals surface area contributed by atoms with E-state index >= 15 is 0 Å². The molecule has 0 aliphatic heterocycles. The van der Waals surface area contributed by atoms with Crippen LogP contribution < -0.4 is 0 Å². The zero-order valence-electron chi connectivity index (χ0n) is 18.4. The van der Waals surface area contributed by atoms with Crippen molar-refractivity contribution < 1.29 is 41.0 Å². The van der Waals surface area contributed by atoms with Crippen LogP contribution in [-0.4, -0.2) is 18.5 Å². The molecule has 0 N–H and O–H groups in total. The highest BCUT2D eigenvalue weighted by Gasteiger charge is 2.26. The highest BCUT2D eigenvalue weighted by Crippen LogP contribution is 2.23. The number of carbonyl (C=O) groups excluding carboxylic acids is 2. The van der Waals surface area contributed by atoms with Gasteiger partial charge >= 0.3 is 11.9 Å². The molecule has 0 amide bonds. The lowest BCUT2D eigenvalue weighted by Crippen LogP contribution is -2.11. The summed E-state index contributed by atoms with van der Waals surface area (Å²) >= 11 is 0. The molecular weight excluding hydrogens is 435 g/mol. The minimum Gasteiger partial charge on any atom is -0.466 e. The molecule has 182 valence electrons. The summed E-state index contributed by atoms with van der Waals surface area (Å²) in [5, 5.41) is 0. The van der Waals surface area contributed by atoms with Crippen molar-refractivity contribution in [3.05, 3.63) is 34.6 Å². The summed E-state index contributed by atoms with van der Waals surface area (Å²) in [6.45, 7) is 1.56. The first-order valence-electron chi connectivity index (χ1n) is 11.1. The summed E-state index contributed by atoms with van der Waals surface area (Å²) in [6, 6.07) is 0. The molecule has 0 aliphatic rings. The lowest BCUT2D eigenvalue weighted by Gasteiger charge is -2.09. The highest BCUT2D eigenvalue weighted by atomic mass is 19.2. The van der Waals surface area contributed by atoms with Gasteiger partial charge in [-0.1, -0.05) is 51.9 Å². The molecule has 1 aromatic rings. The number of esters is 2. The molecule has 0 radical (unpaired) electrons. The van der Waals surface area contributed by atoms with Crippen LogP contribution in [0.2, 0.25) is 0 Å². The minimum atomic E-state index is -2.26. The maximum atomic E-state index is 13.5. The molecule has 32 heavy (non-hydrogen) atoms. The third-order valence-electron chi connectivity index (χ3n) is 4.95. The number of benzene rings is 1. The molecule has 9 heteroatoms. The van der Waals surface area contributed by atoms with Crippen LogP contribution in [0.5, 0.6) is 0 Å². The molecule has 1 rings (SSSR count). The highest BCUT2D eigenvalue weighted by molar-refractivity contribution is 5.69. The van der Waals surface area contributed by atoms with E-state index in [1.165, 1.54) is 0 Å². The topological polar surface area (TPSA) is 52.6 Å². The predicted molar refractivity (Wildman–Crippen MR) is 108 cm³/mol. The van der Waals surface area contributed by atoms with Crippen LogP contribution in [0.15, 0.2) is 0 Å². The van der Waals surface area contributed by atoms with Gasteiger partial charge in [0.05, 0.1) is 12.2 Å². The van der Waals surface area contributed by atoms with Gasteiger partial charge in [0.15, 0.2) is 23.3 Å². The lowest BCUT2D eigenvalue weighted by atomic mass is 10.1. The molecule has 0 unspecified atom stereocenters. The van der Waals surface area contributed by atoms with Crippen LogP contribution >= 0.6 is 0 Å². The van der Waals surface area contributed by atoms with Gasteiger partial charge in [-0.3, -0.25) is 9.59 Å². The average molecular weight is 466 g/mol. The van der Waals surface area contributed by atoms with Crippen molar-refractivity contribution in [1.29, 1.82) is 0 Å². The van der Waals surface area contributed by atoms with Gasteiger partial charge in [0.1, 0.15) is 6.61 Å². The van der Waals surface area contributed by atoms with E-state index in [9.17, 15) is 31.5 Å². The standard InChI is InChI=1S/C23H31F5O4/c1-2-3-4-11-14-31-17(29)12-9-7-5-6-8-10-13-18(30)32-15-16-19(24)21(26)23(28)22(27)20(16)25/h2-15H2,1H3. The molecule has 0 saturated heterocycles. The maximum Gasteiger partial charge on any atom is 0.306 e. The van der Waals surface area contributed by atoms with Crippen molar-refractivity contribution in [2.24, 2.45) is 0 Å². The van der Waals surface area contributed by atoms with E-state index in [0.717, 1.165) is 51.4 Å². The Balaban J connectivity index is 2.10. The summed E-state index contributed by atoms with van der Waals surface area (Å²) in [5.41, 5.74) is -1.17. The average Bonchev–Trinajstić information content (AvgIpc) is 2.78. The van der Waals surface area contributed by atoms with Gasteiger partial charge in [-0.2, -0.15) is 0 Å². The fraction of sp³-hybridized carbons (Fsp3) is 0.652. The van der Waals surface area contributed by atoms with E-state index in [-0.39, 0.29) is 12.4 Å². The normalized spacial score (nSPS) is 10.9. The van der Waals surface area contributed by atoms with Gasteiger partial charge in [0, 0.05) is 12.8 Å². The Morgan fingerprint density at radius 1 is 0.594 bits per heavy atom. The van der Waals surface area contributed by atoms with Crippen molar-refractivity contribution >= 4 is 11.9 Å². The molecule has 0 aromatic heterocycles. The summed E-state index contributed by atoms with van der Waals surface area (Å²) in [7, 11) is 0. The molecule has 0 spiro atoms. The molecular formula is C23H31F5O4. The Morgan fingerprint density at radius 2 is 1.03 bits per heavy atom. The van der Waals surface area contributed by atoms with Crippen LogP contribution in [0.25, 0.3) is 0 Å².